The van der Waals surface area contributed by atoms with Crippen molar-refractivity contribution in [2.45, 2.75) is 32.9 Å². The largest absolute Gasteiger partial charge is 0.467 e. The van der Waals surface area contributed by atoms with Crippen molar-refractivity contribution in [2.75, 3.05) is 13.1 Å². The van der Waals surface area contributed by atoms with E-state index in [1.165, 1.54) is 22.1 Å². The van der Waals surface area contributed by atoms with Crippen LogP contribution in [0.1, 0.15) is 49.3 Å². The molecule has 4 aromatic rings. The fraction of sp³-hybridized carbons (Fsp3) is 0.241. The molecule has 1 atom stereocenters. The first kappa shape index (κ1) is 25.4. The van der Waals surface area contributed by atoms with Crippen LogP contribution in [-0.2, 0) is 17.8 Å². The first-order valence-electron chi connectivity index (χ1n) is 12.3. The summed E-state index contributed by atoms with van der Waals surface area (Å²) in [4.78, 5) is 43.0. The number of fused-ring (bicyclic) bond motifs is 1. The molecular formula is C29H27N3O5S. The SMILES string of the molecule is Cc1ccccc1[C@@H]1c2ccsc2CCN1C(=O)CN(Cc1ccco1)C(=O)c1ccc(C)c([N+](=O)[O-])c1. The first-order valence-corrected chi connectivity index (χ1v) is 13.2. The normalized spacial score (nSPS) is 14.7. The fourth-order valence-corrected chi connectivity index (χ4v) is 5.88. The van der Waals surface area contributed by atoms with Crippen LogP contribution in [0.4, 0.5) is 5.69 Å². The van der Waals surface area contributed by atoms with E-state index in [9.17, 15) is 19.7 Å². The standard InChI is InChI=1S/C29H27N3O5S/c1-19-6-3-4-8-23(19)28-24-12-15-38-26(24)11-13-31(28)27(33)18-30(17-22-7-5-14-37-22)29(34)21-10-9-20(2)25(16-21)32(35)36/h3-10,12,14-16,28H,11,13,17-18H2,1-2H3/t28-/m1/s1. The average molecular weight is 530 g/mol. The zero-order valence-electron chi connectivity index (χ0n) is 21.1. The van der Waals surface area contributed by atoms with Crippen LogP contribution in [-0.4, -0.2) is 39.6 Å². The van der Waals surface area contributed by atoms with Crippen LogP contribution >= 0.6 is 11.3 Å². The van der Waals surface area contributed by atoms with Crippen LogP contribution in [0.15, 0.2) is 76.7 Å². The van der Waals surface area contributed by atoms with Gasteiger partial charge in [0.2, 0.25) is 5.91 Å². The van der Waals surface area contributed by atoms with Gasteiger partial charge in [-0.25, -0.2) is 0 Å². The average Bonchev–Trinajstić information content (AvgIpc) is 3.60. The lowest BCUT2D eigenvalue weighted by Crippen LogP contribution is -2.46. The second-order valence-electron chi connectivity index (χ2n) is 9.39. The van der Waals surface area contributed by atoms with Crippen LogP contribution in [0.2, 0.25) is 0 Å². The second kappa shape index (κ2) is 10.6. The maximum absolute atomic E-state index is 13.9. The Kier molecular flexibility index (Phi) is 7.11. The van der Waals surface area contributed by atoms with Crippen molar-refractivity contribution in [3.8, 4) is 0 Å². The molecule has 0 saturated heterocycles. The van der Waals surface area contributed by atoms with Crippen LogP contribution in [0.25, 0.3) is 0 Å². The van der Waals surface area contributed by atoms with Crippen molar-refractivity contribution in [1.82, 2.24) is 9.80 Å². The molecule has 2 aromatic heterocycles. The van der Waals surface area contributed by atoms with Gasteiger partial charge in [-0.1, -0.05) is 30.3 Å². The summed E-state index contributed by atoms with van der Waals surface area (Å²) in [5.41, 5.74) is 3.72. The van der Waals surface area contributed by atoms with Gasteiger partial charge in [0.25, 0.3) is 11.6 Å². The Hall–Kier alpha value is -4.24. The predicted octanol–water partition coefficient (Wildman–Crippen LogP) is 5.68. The minimum atomic E-state index is -0.507. The zero-order chi connectivity index (χ0) is 26.8. The zero-order valence-corrected chi connectivity index (χ0v) is 21.9. The molecule has 3 heterocycles. The summed E-state index contributed by atoms with van der Waals surface area (Å²) in [7, 11) is 0. The van der Waals surface area contributed by atoms with Crippen LogP contribution < -0.4 is 0 Å². The summed E-state index contributed by atoms with van der Waals surface area (Å²) in [6, 6.07) is 17.7. The van der Waals surface area contributed by atoms with Gasteiger partial charge in [0, 0.05) is 28.6 Å². The molecule has 0 fully saturated rings. The third kappa shape index (κ3) is 4.97. The molecule has 8 nitrogen and oxygen atoms in total. The number of hydrogen-bond donors (Lipinski definition) is 0. The van der Waals surface area contributed by atoms with Crippen molar-refractivity contribution in [3.63, 3.8) is 0 Å². The molecule has 0 bridgehead atoms. The number of benzene rings is 2. The number of furan rings is 1. The molecule has 0 aliphatic carbocycles. The fourth-order valence-electron chi connectivity index (χ4n) is 4.98. The highest BCUT2D eigenvalue weighted by atomic mass is 32.1. The van der Waals surface area contributed by atoms with Crippen LogP contribution in [0.5, 0.6) is 0 Å². The Morgan fingerprint density at radius 3 is 2.63 bits per heavy atom. The smallest absolute Gasteiger partial charge is 0.273 e. The Bertz CT molecular complexity index is 1490. The molecule has 9 heteroatoms. The van der Waals surface area contributed by atoms with Crippen molar-refractivity contribution in [2.24, 2.45) is 0 Å². The van der Waals surface area contributed by atoms with Gasteiger partial charge in [-0.15, -0.1) is 11.3 Å². The van der Waals surface area contributed by atoms with Gasteiger partial charge in [-0.2, -0.15) is 0 Å². The molecule has 0 saturated carbocycles. The number of hydrogen-bond acceptors (Lipinski definition) is 6. The Morgan fingerprint density at radius 2 is 1.89 bits per heavy atom. The number of carbonyl (C=O) groups excluding carboxylic acids is 2. The molecule has 0 radical (unpaired) electrons. The Morgan fingerprint density at radius 1 is 1.08 bits per heavy atom. The Balaban J connectivity index is 1.48. The van der Waals surface area contributed by atoms with Gasteiger partial charge in [0.05, 0.1) is 23.8 Å². The van der Waals surface area contributed by atoms with E-state index >= 15 is 0 Å². The topological polar surface area (TPSA) is 96.9 Å². The molecule has 0 spiro atoms. The third-order valence-corrected chi connectivity index (χ3v) is 7.96. The van der Waals surface area contributed by atoms with Gasteiger partial charge >= 0.3 is 0 Å². The Labute approximate surface area is 224 Å². The maximum atomic E-state index is 13.9. The summed E-state index contributed by atoms with van der Waals surface area (Å²) in [6.07, 6.45) is 2.25. The minimum Gasteiger partial charge on any atom is -0.467 e. The number of amides is 2. The quantitative estimate of drug-likeness (QED) is 0.227. The number of thiophene rings is 1. The van der Waals surface area contributed by atoms with Crippen molar-refractivity contribution in [3.05, 3.63) is 121 Å². The van der Waals surface area contributed by atoms with E-state index in [0.717, 1.165) is 23.1 Å². The molecule has 0 N–H and O–H groups in total. The highest BCUT2D eigenvalue weighted by Gasteiger charge is 2.35. The summed E-state index contributed by atoms with van der Waals surface area (Å²) >= 11 is 1.70. The van der Waals surface area contributed by atoms with E-state index in [4.69, 9.17) is 4.42 Å². The van der Waals surface area contributed by atoms with E-state index in [1.807, 2.05) is 36.1 Å². The number of rotatable bonds is 7. The molecule has 1 aliphatic heterocycles. The highest BCUT2D eigenvalue weighted by Crippen LogP contribution is 2.39. The van der Waals surface area contributed by atoms with Crippen molar-refractivity contribution < 1.29 is 18.9 Å². The molecule has 38 heavy (non-hydrogen) atoms. The number of nitro benzene ring substituents is 1. The van der Waals surface area contributed by atoms with Gasteiger partial charge < -0.3 is 14.2 Å². The van der Waals surface area contributed by atoms with E-state index < -0.39 is 10.8 Å². The van der Waals surface area contributed by atoms with E-state index in [1.54, 1.807) is 42.5 Å². The van der Waals surface area contributed by atoms with Crippen LogP contribution in [0.3, 0.4) is 0 Å². The predicted molar refractivity (Wildman–Crippen MR) is 144 cm³/mol. The number of carbonyl (C=O) groups is 2. The van der Waals surface area contributed by atoms with E-state index in [-0.39, 0.29) is 36.3 Å². The second-order valence-corrected chi connectivity index (χ2v) is 10.4. The molecule has 1 aliphatic rings. The molecular weight excluding hydrogens is 502 g/mol. The molecule has 5 rings (SSSR count). The van der Waals surface area contributed by atoms with Gasteiger partial charge in [-0.3, -0.25) is 19.7 Å². The number of nitrogens with zero attached hydrogens (tertiary/aromatic N) is 3. The molecule has 2 amide bonds. The lowest BCUT2D eigenvalue weighted by Gasteiger charge is -2.38. The summed E-state index contributed by atoms with van der Waals surface area (Å²) in [5, 5.41) is 13.5. The summed E-state index contributed by atoms with van der Waals surface area (Å²) < 4.78 is 5.47. The molecule has 0 unspecified atom stereocenters. The summed E-state index contributed by atoms with van der Waals surface area (Å²) in [6.45, 7) is 4.06. The van der Waals surface area contributed by atoms with Crippen molar-refractivity contribution >= 4 is 28.8 Å². The number of aryl methyl sites for hydroxylation is 2. The molecule has 2 aromatic carbocycles. The lowest BCUT2D eigenvalue weighted by molar-refractivity contribution is -0.385. The van der Waals surface area contributed by atoms with E-state index in [2.05, 4.69) is 11.4 Å². The van der Waals surface area contributed by atoms with Gasteiger partial charge in [0.1, 0.15) is 12.3 Å². The van der Waals surface area contributed by atoms with Gasteiger partial charge in [-0.05, 0) is 66.6 Å². The van der Waals surface area contributed by atoms with Crippen LogP contribution in [0, 0.1) is 24.0 Å². The van der Waals surface area contributed by atoms with Gasteiger partial charge in [0.15, 0.2) is 0 Å². The highest BCUT2D eigenvalue weighted by molar-refractivity contribution is 7.10. The lowest BCUT2D eigenvalue weighted by atomic mass is 9.90. The van der Waals surface area contributed by atoms with Crippen molar-refractivity contribution in [1.29, 1.82) is 0 Å². The number of nitro groups is 1. The maximum Gasteiger partial charge on any atom is 0.273 e. The monoisotopic (exact) mass is 529 g/mol. The first-order chi connectivity index (χ1) is 18.3. The third-order valence-electron chi connectivity index (χ3n) is 6.96. The summed E-state index contributed by atoms with van der Waals surface area (Å²) in [5.74, 6) is -0.155. The molecule has 194 valence electrons. The minimum absolute atomic E-state index is 0.0613. The van der Waals surface area contributed by atoms with E-state index in [0.29, 0.717) is 17.9 Å².